The van der Waals surface area contributed by atoms with Gasteiger partial charge in [0.15, 0.2) is 0 Å². The molecule has 6 nitrogen and oxygen atoms in total. The van der Waals surface area contributed by atoms with E-state index in [1.807, 2.05) is 83.4 Å². The number of para-hydroxylation sites is 4. The summed E-state index contributed by atoms with van der Waals surface area (Å²) in [5.41, 5.74) is 17.3. The molecule has 0 fully saturated rings. The third-order valence-corrected chi connectivity index (χ3v) is 18.4. The Hall–Kier alpha value is -10.1. The Morgan fingerprint density at radius 2 is 1.04 bits per heavy atom. The van der Waals surface area contributed by atoms with Crippen LogP contribution in [-0.4, -0.2) is 14.1 Å². The molecule has 482 valence electrons. The van der Waals surface area contributed by atoms with E-state index < -0.39 is 65.8 Å². The number of aromatic nitrogens is 4. The van der Waals surface area contributed by atoms with Crippen molar-refractivity contribution in [1.82, 2.24) is 14.1 Å². The van der Waals surface area contributed by atoms with Gasteiger partial charge in [0.2, 0.25) is 0 Å². The molecule has 0 aliphatic carbocycles. The van der Waals surface area contributed by atoms with Crippen molar-refractivity contribution in [2.75, 3.05) is 0 Å². The van der Waals surface area contributed by atoms with Gasteiger partial charge in [0, 0.05) is 49.2 Å². The summed E-state index contributed by atoms with van der Waals surface area (Å²) in [6, 6.07) is 65.1. The number of hydrogen-bond donors (Lipinski definition) is 0. The predicted molar refractivity (Wildman–Crippen MR) is 397 cm³/mol. The summed E-state index contributed by atoms with van der Waals surface area (Å²) in [6.45, 7) is 24.3. The predicted octanol–water partition coefficient (Wildman–Crippen LogP) is 24.1. The Bertz CT molecular complexity index is 5870. The first-order valence-corrected chi connectivity index (χ1v) is 33.0. The fourth-order valence-electron chi connectivity index (χ4n) is 13.5. The second-order valence-electron chi connectivity index (χ2n) is 27.1. The van der Waals surface area contributed by atoms with E-state index in [9.17, 15) is 5.48 Å². The number of benzene rings is 12. The van der Waals surface area contributed by atoms with Crippen molar-refractivity contribution in [3.8, 4) is 95.6 Å². The molecule has 0 saturated heterocycles. The molecule has 0 atom stereocenters. The summed E-state index contributed by atoms with van der Waals surface area (Å²) in [7, 11) is 0. The Labute approximate surface area is 598 Å². The van der Waals surface area contributed by atoms with Crippen LogP contribution in [0, 0.1) is 18.5 Å². The van der Waals surface area contributed by atoms with Crippen molar-refractivity contribution in [2.24, 2.45) is 0 Å². The van der Waals surface area contributed by atoms with E-state index in [4.69, 9.17) is 22.4 Å². The van der Waals surface area contributed by atoms with Gasteiger partial charge in [-0.05, 0) is 149 Å². The quantitative estimate of drug-likeness (QED) is 0.0759. The van der Waals surface area contributed by atoms with E-state index in [1.54, 1.807) is 22.8 Å². The number of nitrogens with zero attached hydrogens (tertiary/aromatic N) is 4. The molecule has 0 radical (unpaired) electrons. The first kappa shape index (κ1) is 53.1. The van der Waals surface area contributed by atoms with Gasteiger partial charge in [-0.25, -0.2) is 0 Å². The molecule has 3 aromatic heterocycles. The van der Waals surface area contributed by atoms with Gasteiger partial charge in [-0.3, -0.25) is 9.55 Å². The minimum absolute atomic E-state index is 0. The normalized spacial score (nSPS) is 13.4. The zero-order valence-electron chi connectivity index (χ0n) is 66.1. The Morgan fingerprint density at radius 1 is 0.495 bits per heavy atom. The summed E-state index contributed by atoms with van der Waals surface area (Å²) in [5.74, 6) is 1.69. The molecule has 0 unspecified atom stereocenters. The molecular weight excluding hydrogens is 1360 g/mol. The Morgan fingerprint density at radius 3 is 1.63 bits per heavy atom. The molecule has 12 aromatic carbocycles. The molecule has 0 aliphatic heterocycles. The smallest absolute Gasteiger partial charge is 0.268 e. The van der Waals surface area contributed by atoms with Crippen LogP contribution in [-0.2, 0) is 26.5 Å². The van der Waals surface area contributed by atoms with Gasteiger partial charge in [-0.2, -0.15) is 0 Å². The van der Waals surface area contributed by atoms with Gasteiger partial charge in [0.25, 0.3) is 6.33 Å². The number of hydrogen-bond acceptors (Lipinski definition) is 3. The Kier molecular flexibility index (Phi) is 14.3. The van der Waals surface area contributed by atoms with Crippen LogP contribution in [0.25, 0.3) is 128 Å². The standard InChI is InChI=1S/C90H78N4O2.Pt/c1-56(2)74-47-65(60-29-16-12-17-30-60)48-75(57(3)4)85(74)64-43-44-81-82(51-64)92(55-93(81)86-71(62-33-20-14-21-34-62)38-28-39-72(86)63-35-22-15-23-36-63)83-54-70(53-78-73-37-24-27-42-84(73)96-88(78)83)95-69-46-67(45-68(52-69)90(9,10)11)89-91-79-40-25-26-41-80(79)94(89)87-76(58(5)6)49-66(50-77(87)59(7)8)61-31-18-13-19-32-61;/h12-45,47-53,56-59H,1-11H3;/q-2;/i14D,15D,20D,21D,22D,23D,33D,34D,35D,36D;. The maximum atomic E-state index is 9.52. The van der Waals surface area contributed by atoms with Gasteiger partial charge in [0.05, 0.1) is 47.3 Å². The summed E-state index contributed by atoms with van der Waals surface area (Å²) >= 11 is 0. The number of ether oxygens (including phenoxy) is 1. The van der Waals surface area contributed by atoms with E-state index in [0.717, 1.165) is 72.2 Å². The summed E-state index contributed by atoms with van der Waals surface area (Å²) in [5, 5.41) is 1.45. The number of fused-ring (bicyclic) bond motifs is 5. The van der Waals surface area contributed by atoms with Crippen molar-refractivity contribution in [3.63, 3.8) is 0 Å². The second-order valence-corrected chi connectivity index (χ2v) is 27.1. The molecular formula is C90H78N4O2Pt-2. The molecule has 0 aliphatic rings. The fraction of sp³-hybridized carbons (Fsp3) is 0.178. The average molecular weight is 1450 g/mol. The zero-order chi connectivity index (χ0) is 74.8. The van der Waals surface area contributed by atoms with Crippen molar-refractivity contribution < 1.29 is 48.5 Å². The molecule has 97 heavy (non-hydrogen) atoms. The minimum atomic E-state index is -0.597. The van der Waals surface area contributed by atoms with Crippen molar-refractivity contribution in [2.45, 2.75) is 105 Å². The van der Waals surface area contributed by atoms with Crippen LogP contribution in [0.15, 0.2) is 253 Å². The van der Waals surface area contributed by atoms with Crippen molar-refractivity contribution in [3.05, 3.63) is 295 Å². The number of furan rings is 1. The topological polar surface area (TPSA) is 49.0 Å². The van der Waals surface area contributed by atoms with Crippen LogP contribution < -0.4 is 9.30 Å². The molecule has 15 rings (SSSR count). The molecule has 7 heteroatoms. The average Bonchev–Trinajstić information content (AvgIpc) is 1.68. The summed E-state index contributed by atoms with van der Waals surface area (Å²) < 4.78 is 112. The van der Waals surface area contributed by atoms with E-state index in [0.29, 0.717) is 50.4 Å². The van der Waals surface area contributed by atoms with Gasteiger partial charge in [-0.1, -0.05) is 288 Å². The number of rotatable bonds is 15. The SMILES string of the molecule is [2H]c1c([2H])c([2H])c(-c2cccc(-c3c([2H])c([2H])c([2H])c([2H])c3[2H])c2-[n+]2[c-]n(-c3[c-]c(Oc4[c-]c(-c5nc6ccccc6n5-c5c(C(C)C)cc(-c6ccccc6)cc5C(C)C)cc(C(C)(C)C)c4)cc4c3oc3ccccc34)c3cc(-c4c(C(C)C)cc(-c5ccccc5)cc4C(C)C)ccc32)c([2H])c1[2H].[Pt]. The van der Waals surface area contributed by atoms with Crippen LogP contribution in [0.2, 0.25) is 0 Å². The fourth-order valence-corrected chi connectivity index (χ4v) is 13.5. The van der Waals surface area contributed by atoms with E-state index in [2.05, 4.69) is 190 Å². The monoisotopic (exact) mass is 1450 g/mol. The molecule has 3 heterocycles. The zero-order valence-corrected chi connectivity index (χ0v) is 58.4. The summed E-state index contributed by atoms with van der Waals surface area (Å²) in [4.78, 5) is 5.51. The molecule has 0 spiro atoms. The van der Waals surface area contributed by atoms with Crippen molar-refractivity contribution in [1.29, 1.82) is 0 Å². The third kappa shape index (κ3) is 11.9. The van der Waals surface area contributed by atoms with E-state index in [1.165, 1.54) is 11.1 Å². The first-order valence-electron chi connectivity index (χ1n) is 38.0. The molecule has 0 amide bonds. The van der Waals surface area contributed by atoms with Crippen LogP contribution in [0.1, 0.15) is 141 Å². The van der Waals surface area contributed by atoms with Crippen molar-refractivity contribution >= 4 is 44.0 Å². The molecule has 15 aromatic rings. The van der Waals surface area contributed by atoms with Gasteiger partial charge in [0.1, 0.15) is 5.58 Å². The van der Waals surface area contributed by atoms with Gasteiger partial charge < -0.3 is 18.3 Å². The van der Waals surface area contributed by atoms with Crippen LogP contribution in [0.5, 0.6) is 11.5 Å². The van der Waals surface area contributed by atoms with Gasteiger partial charge >= 0.3 is 0 Å². The van der Waals surface area contributed by atoms with Gasteiger partial charge in [-0.15, -0.1) is 29.3 Å². The summed E-state index contributed by atoms with van der Waals surface area (Å²) in [6.07, 6.45) is 3.71. The molecule has 0 N–H and O–H groups in total. The maximum absolute atomic E-state index is 9.52. The third-order valence-electron chi connectivity index (χ3n) is 18.4. The molecule has 0 saturated carbocycles. The van der Waals surface area contributed by atoms with E-state index >= 15 is 0 Å². The largest absolute Gasteiger partial charge is 0.519 e. The number of imidazole rings is 2. The first-order chi connectivity index (χ1) is 50.7. The minimum Gasteiger partial charge on any atom is -0.519 e. The Balaban J connectivity index is 0.00000960. The van der Waals surface area contributed by atoms with Crippen LogP contribution >= 0.6 is 0 Å². The second kappa shape index (κ2) is 26.1. The van der Waals surface area contributed by atoms with Crippen LogP contribution in [0.3, 0.4) is 0 Å². The van der Waals surface area contributed by atoms with Crippen LogP contribution in [0.4, 0.5) is 0 Å². The van der Waals surface area contributed by atoms with E-state index in [-0.39, 0.29) is 78.4 Å². The molecule has 0 bridgehead atoms. The maximum Gasteiger partial charge on any atom is 0.268 e.